The molecule has 0 aliphatic carbocycles. The minimum atomic E-state index is -0.316. The Labute approximate surface area is 170 Å². The maximum atomic E-state index is 12.1. The van der Waals surface area contributed by atoms with Crippen LogP contribution in [0.1, 0.15) is 36.6 Å². The second-order valence-electron chi connectivity index (χ2n) is 6.03. The van der Waals surface area contributed by atoms with Crippen molar-refractivity contribution in [1.29, 1.82) is 0 Å². The van der Waals surface area contributed by atoms with Gasteiger partial charge in [-0.1, -0.05) is 42.4 Å². The number of rotatable bonds is 7. The van der Waals surface area contributed by atoms with Gasteiger partial charge in [0.1, 0.15) is 5.75 Å². The molecule has 2 aromatic rings. The Balaban J connectivity index is 1.99. The van der Waals surface area contributed by atoms with Crippen molar-refractivity contribution in [3.05, 3.63) is 62.8 Å². The number of pyridine rings is 1. The van der Waals surface area contributed by atoms with Crippen molar-refractivity contribution in [3.8, 4) is 5.75 Å². The van der Waals surface area contributed by atoms with Crippen molar-refractivity contribution >= 4 is 43.5 Å². The number of nitrogens with one attached hydrogen (secondary N) is 2. The van der Waals surface area contributed by atoms with Crippen molar-refractivity contribution < 1.29 is 9.53 Å². The highest BCUT2D eigenvalue weighted by atomic mass is 79.9. The van der Waals surface area contributed by atoms with Crippen molar-refractivity contribution in [2.75, 3.05) is 6.61 Å². The highest BCUT2D eigenvalue weighted by molar-refractivity contribution is 9.11. The van der Waals surface area contributed by atoms with E-state index in [1.54, 1.807) is 12.3 Å². The largest absolute Gasteiger partial charge is 0.482 e. The first-order valence-corrected chi connectivity index (χ1v) is 9.66. The SMILES string of the molecule is C=C(NNC(=O)COc1c(C(C)C)cc(Br)c(C)c1Br)c1ccccn1. The zero-order chi connectivity index (χ0) is 19.3. The molecule has 26 heavy (non-hydrogen) atoms. The molecule has 2 rings (SSSR count). The second-order valence-corrected chi connectivity index (χ2v) is 7.67. The van der Waals surface area contributed by atoms with E-state index in [0.717, 1.165) is 20.1 Å². The van der Waals surface area contributed by atoms with Crippen LogP contribution in [0.25, 0.3) is 5.70 Å². The molecule has 0 atom stereocenters. The van der Waals surface area contributed by atoms with Crippen molar-refractivity contribution in [1.82, 2.24) is 15.8 Å². The van der Waals surface area contributed by atoms with Crippen LogP contribution in [-0.4, -0.2) is 17.5 Å². The Hall–Kier alpha value is -1.86. The Kier molecular flexibility index (Phi) is 7.23. The number of carbonyl (C=O) groups excluding carboxylic acids is 1. The molecule has 138 valence electrons. The van der Waals surface area contributed by atoms with E-state index in [1.165, 1.54) is 0 Å². The van der Waals surface area contributed by atoms with Crippen LogP contribution < -0.4 is 15.6 Å². The average Bonchev–Trinajstić information content (AvgIpc) is 2.63. The van der Waals surface area contributed by atoms with Crippen molar-refractivity contribution in [3.63, 3.8) is 0 Å². The number of benzene rings is 1. The Morgan fingerprint density at radius 1 is 1.31 bits per heavy atom. The molecule has 2 N–H and O–H groups in total. The van der Waals surface area contributed by atoms with E-state index in [9.17, 15) is 4.79 Å². The minimum absolute atomic E-state index is 0.123. The predicted molar refractivity (Wildman–Crippen MR) is 111 cm³/mol. The van der Waals surface area contributed by atoms with E-state index in [-0.39, 0.29) is 18.4 Å². The molecule has 0 aliphatic heterocycles. The number of carbonyl (C=O) groups is 1. The Bertz CT molecular complexity index is 808. The van der Waals surface area contributed by atoms with Gasteiger partial charge in [0.15, 0.2) is 6.61 Å². The number of nitrogens with zero attached hydrogens (tertiary/aromatic N) is 1. The van der Waals surface area contributed by atoms with Crippen LogP contribution in [0.5, 0.6) is 5.75 Å². The Morgan fingerprint density at radius 2 is 2.04 bits per heavy atom. The summed E-state index contributed by atoms with van der Waals surface area (Å²) in [6, 6.07) is 7.49. The average molecular weight is 483 g/mol. The lowest BCUT2D eigenvalue weighted by Crippen LogP contribution is -2.39. The topological polar surface area (TPSA) is 63.2 Å². The first-order chi connectivity index (χ1) is 12.3. The van der Waals surface area contributed by atoms with Crippen LogP contribution >= 0.6 is 31.9 Å². The molecule has 0 aliphatic rings. The van der Waals surface area contributed by atoms with E-state index >= 15 is 0 Å². The lowest BCUT2D eigenvalue weighted by Gasteiger charge is -2.18. The van der Waals surface area contributed by atoms with E-state index in [4.69, 9.17) is 4.74 Å². The predicted octanol–water partition coefficient (Wildman–Crippen LogP) is 4.71. The van der Waals surface area contributed by atoms with Crippen LogP contribution in [0.4, 0.5) is 0 Å². The molecule has 0 unspecified atom stereocenters. The van der Waals surface area contributed by atoms with Gasteiger partial charge in [0, 0.05) is 10.7 Å². The van der Waals surface area contributed by atoms with Crippen LogP contribution in [0, 0.1) is 6.92 Å². The maximum Gasteiger partial charge on any atom is 0.276 e. The molecule has 0 bridgehead atoms. The fourth-order valence-electron chi connectivity index (χ4n) is 2.21. The van der Waals surface area contributed by atoms with Gasteiger partial charge in [0.05, 0.1) is 15.9 Å². The van der Waals surface area contributed by atoms with Gasteiger partial charge < -0.3 is 4.74 Å². The molecule has 0 spiro atoms. The standard InChI is InChI=1S/C19H21Br2N3O2/c1-11(2)14-9-15(20)12(3)18(21)19(14)26-10-17(25)24-23-13(4)16-7-5-6-8-22-16/h5-9,11,23H,4,10H2,1-3H3,(H,24,25). The van der Waals surface area contributed by atoms with Crippen LogP contribution in [0.3, 0.4) is 0 Å². The first kappa shape index (κ1) is 20.5. The highest BCUT2D eigenvalue weighted by Crippen LogP contribution is 2.40. The van der Waals surface area contributed by atoms with E-state index in [0.29, 0.717) is 17.1 Å². The summed E-state index contributed by atoms with van der Waals surface area (Å²) in [5.74, 6) is 0.618. The van der Waals surface area contributed by atoms with Gasteiger partial charge >= 0.3 is 0 Å². The molecule has 1 heterocycles. The summed E-state index contributed by atoms with van der Waals surface area (Å²) in [4.78, 5) is 16.3. The quantitative estimate of drug-likeness (QED) is 0.561. The normalized spacial score (nSPS) is 10.5. The molecule has 0 fully saturated rings. The molecule has 1 aromatic heterocycles. The van der Waals surface area contributed by atoms with Crippen LogP contribution in [-0.2, 0) is 4.79 Å². The molecule has 0 saturated heterocycles. The summed E-state index contributed by atoms with van der Waals surface area (Å²) in [7, 11) is 0. The summed E-state index contributed by atoms with van der Waals surface area (Å²) in [6.45, 7) is 9.86. The molecule has 1 amide bonds. The summed E-state index contributed by atoms with van der Waals surface area (Å²) in [5, 5.41) is 0. The smallest absolute Gasteiger partial charge is 0.276 e. The monoisotopic (exact) mass is 481 g/mol. The van der Waals surface area contributed by atoms with Gasteiger partial charge in [-0.3, -0.25) is 20.6 Å². The van der Waals surface area contributed by atoms with Gasteiger partial charge in [0.2, 0.25) is 0 Å². The van der Waals surface area contributed by atoms with Gasteiger partial charge in [-0.15, -0.1) is 0 Å². The van der Waals surface area contributed by atoms with Gasteiger partial charge in [-0.2, -0.15) is 0 Å². The van der Waals surface area contributed by atoms with Gasteiger partial charge in [-0.05, 0) is 58.1 Å². The summed E-state index contributed by atoms with van der Waals surface area (Å²) in [5.41, 5.74) is 8.52. The van der Waals surface area contributed by atoms with E-state index in [1.807, 2.05) is 25.1 Å². The van der Waals surface area contributed by atoms with Gasteiger partial charge in [0.25, 0.3) is 5.91 Å². The van der Waals surface area contributed by atoms with Crippen LogP contribution in [0.15, 0.2) is 46.0 Å². The maximum absolute atomic E-state index is 12.1. The number of hydrogen-bond acceptors (Lipinski definition) is 4. The minimum Gasteiger partial charge on any atom is -0.482 e. The molecule has 0 radical (unpaired) electrons. The zero-order valence-electron chi connectivity index (χ0n) is 14.9. The van der Waals surface area contributed by atoms with Crippen molar-refractivity contribution in [2.24, 2.45) is 0 Å². The molecule has 1 aromatic carbocycles. The lowest BCUT2D eigenvalue weighted by atomic mass is 10.0. The fourth-order valence-corrected chi connectivity index (χ4v) is 3.48. The first-order valence-electron chi connectivity index (χ1n) is 8.07. The molecule has 0 saturated carbocycles. The molecule has 5 nitrogen and oxygen atoms in total. The summed E-state index contributed by atoms with van der Waals surface area (Å²) in [6.07, 6.45) is 1.66. The summed E-state index contributed by atoms with van der Waals surface area (Å²) >= 11 is 7.12. The molecule has 7 heteroatoms. The third-order valence-electron chi connectivity index (χ3n) is 3.73. The van der Waals surface area contributed by atoms with Crippen LogP contribution in [0.2, 0.25) is 0 Å². The zero-order valence-corrected chi connectivity index (χ0v) is 18.1. The summed E-state index contributed by atoms with van der Waals surface area (Å²) < 4.78 is 7.64. The van der Waals surface area contributed by atoms with E-state index in [2.05, 4.69) is 68.1 Å². The number of ether oxygens (including phenoxy) is 1. The van der Waals surface area contributed by atoms with Crippen molar-refractivity contribution in [2.45, 2.75) is 26.7 Å². The molecular formula is C19H21Br2N3O2. The third kappa shape index (κ3) is 5.08. The number of halogens is 2. The fraction of sp³-hybridized carbons (Fsp3) is 0.263. The number of hydrogen-bond donors (Lipinski definition) is 2. The second kappa shape index (κ2) is 9.19. The molecular weight excluding hydrogens is 462 g/mol. The number of hydrazine groups is 1. The number of aromatic nitrogens is 1. The number of amides is 1. The Morgan fingerprint density at radius 3 is 2.65 bits per heavy atom. The lowest BCUT2D eigenvalue weighted by molar-refractivity contribution is -0.123. The third-order valence-corrected chi connectivity index (χ3v) is 5.51. The van der Waals surface area contributed by atoms with Gasteiger partial charge in [-0.25, -0.2) is 0 Å². The highest BCUT2D eigenvalue weighted by Gasteiger charge is 2.17. The van der Waals surface area contributed by atoms with E-state index < -0.39 is 0 Å².